The second-order valence-corrected chi connectivity index (χ2v) is 2.81. The highest BCUT2D eigenvalue weighted by atomic mass is 35.5. The zero-order chi connectivity index (χ0) is 8.27. The molecule has 0 saturated carbocycles. The summed E-state index contributed by atoms with van der Waals surface area (Å²) in [6, 6.07) is 0.00810. The number of halogens is 2. The van der Waals surface area contributed by atoms with E-state index in [1.54, 1.807) is 7.05 Å². The molecular formula is C7H17Cl2N3O. The van der Waals surface area contributed by atoms with Gasteiger partial charge in [-0.3, -0.25) is 9.69 Å². The van der Waals surface area contributed by atoms with Gasteiger partial charge < -0.3 is 10.6 Å². The molecule has 2 N–H and O–H groups in total. The van der Waals surface area contributed by atoms with Crippen molar-refractivity contribution in [3.05, 3.63) is 0 Å². The molecule has 1 rings (SSSR count). The Hall–Kier alpha value is -0.0300. The van der Waals surface area contributed by atoms with Gasteiger partial charge in [-0.15, -0.1) is 24.8 Å². The normalized spacial score (nSPS) is 22.5. The van der Waals surface area contributed by atoms with Gasteiger partial charge in [0, 0.05) is 26.7 Å². The largest absolute Gasteiger partial charge is 0.358 e. The summed E-state index contributed by atoms with van der Waals surface area (Å²) >= 11 is 0. The second-order valence-electron chi connectivity index (χ2n) is 2.81. The van der Waals surface area contributed by atoms with Gasteiger partial charge >= 0.3 is 0 Å². The van der Waals surface area contributed by atoms with Crippen molar-refractivity contribution in [1.82, 2.24) is 15.5 Å². The van der Waals surface area contributed by atoms with Crippen molar-refractivity contribution in [2.45, 2.75) is 6.04 Å². The van der Waals surface area contributed by atoms with Crippen LogP contribution in [0.1, 0.15) is 0 Å². The van der Waals surface area contributed by atoms with Crippen LogP contribution in [0.2, 0.25) is 0 Å². The van der Waals surface area contributed by atoms with E-state index in [1.807, 2.05) is 7.05 Å². The van der Waals surface area contributed by atoms with Crippen molar-refractivity contribution in [2.75, 3.05) is 33.7 Å². The summed E-state index contributed by atoms with van der Waals surface area (Å²) in [5.41, 5.74) is 0. The Morgan fingerprint density at radius 2 is 2.15 bits per heavy atom. The molecule has 1 aliphatic heterocycles. The summed E-state index contributed by atoms with van der Waals surface area (Å²) in [5.74, 6) is 0.0969. The van der Waals surface area contributed by atoms with Crippen LogP contribution in [0.3, 0.4) is 0 Å². The highest BCUT2D eigenvalue weighted by molar-refractivity contribution is 5.85. The predicted octanol–water partition coefficient (Wildman–Crippen LogP) is -0.520. The minimum absolute atomic E-state index is 0. The zero-order valence-electron chi connectivity index (χ0n) is 7.87. The van der Waals surface area contributed by atoms with Gasteiger partial charge in [0.15, 0.2) is 0 Å². The van der Waals surface area contributed by atoms with E-state index in [0.29, 0.717) is 0 Å². The third-order valence-electron chi connectivity index (χ3n) is 2.06. The van der Waals surface area contributed by atoms with E-state index < -0.39 is 0 Å². The van der Waals surface area contributed by atoms with Crippen molar-refractivity contribution >= 4 is 30.7 Å². The lowest BCUT2D eigenvalue weighted by molar-refractivity contribution is -0.125. The van der Waals surface area contributed by atoms with E-state index in [2.05, 4.69) is 15.5 Å². The van der Waals surface area contributed by atoms with Gasteiger partial charge in [-0.1, -0.05) is 0 Å². The van der Waals surface area contributed by atoms with Gasteiger partial charge in [0.2, 0.25) is 5.91 Å². The molecule has 0 aromatic carbocycles. The molecule has 1 unspecified atom stereocenters. The molecule has 0 aromatic heterocycles. The molecule has 0 aromatic rings. The quantitative estimate of drug-likeness (QED) is 0.637. The molecule has 1 fully saturated rings. The fourth-order valence-electron chi connectivity index (χ4n) is 1.27. The fourth-order valence-corrected chi connectivity index (χ4v) is 1.27. The second kappa shape index (κ2) is 7.38. The van der Waals surface area contributed by atoms with Crippen molar-refractivity contribution in [2.24, 2.45) is 0 Å². The van der Waals surface area contributed by atoms with Crippen LogP contribution < -0.4 is 10.6 Å². The van der Waals surface area contributed by atoms with E-state index in [9.17, 15) is 4.79 Å². The minimum atomic E-state index is 0. The number of amides is 1. The third-order valence-corrected chi connectivity index (χ3v) is 2.06. The average molecular weight is 230 g/mol. The molecule has 80 valence electrons. The first-order chi connectivity index (χ1) is 5.25. The molecule has 0 radical (unpaired) electrons. The number of carbonyl (C=O) groups excluding carboxylic acids is 1. The Kier molecular flexibility index (Phi) is 8.77. The summed E-state index contributed by atoms with van der Waals surface area (Å²) in [6.45, 7) is 2.68. The SMILES string of the molecule is CNC(=O)C1CNCCN1C.Cl.Cl. The van der Waals surface area contributed by atoms with Gasteiger partial charge in [0.25, 0.3) is 0 Å². The van der Waals surface area contributed by atoms with Gasteiger partial charge in [-0.2, -0.15) is 0 Å². The molecule has 1 amide bonds. The summed E-state index contributed by atoms with van der Waals surface area (Å²) in [5, 5.41) is 5.82. The van der Waals surface area contributed by atoms with Crippen LogP contribution in [0, 0.1) is 0 Å². The Bertz CT molecular complexity index is 157. The Labute approximate surface area is 91.3 Å². The number of nitrogens with zero attached hydrogens (tertiary/aromatic N) is 1. The lowest BCUT2D eigenvalue weighted by atomic mass is 10.2. The minimum Gasteiger partial charge on any atom is -0.358 e. The van der Waals surface area contributed by atoms with E-state index >= 15 is 0 Å². The van der Waals surface area contributed by atoms with E-state index in [-0.39, 0.29) is 36.8 Å². The van der Waals surface area contributed by atoms with E-state index in [0.717, 1.165) is 19.6 Å². The van der Waals surface area contributed by atoms with Crippen LogP contribution in [-0.2, 0) is 4.79 Å². The summed E-state index contributed by atoms with van der Waals surface area (Å²) in [4.78, 5) is 13.2. The Balaban J connectivity index is 0. The molecule has 0 aliphatic carbocycles. The van der Waals surface area contributed by atoms with Gasteiger partial charge in [-0.05, 0) is 7.05 Å². The fraction of sp³-hybridized carbons (Fsp3) is 0.857. The number of piperazine rings is 1. The number of likely N-dealkylation sites (N-methyl/N-ethyl adjacent to an activating group) is 2. The van der Waals surface area contributed by atoms with E-state index in [1.165, 1.54) is 0 Å². The molecule has 0 spiro atoms. The topological polar surface area (TPSA) is 44.4 Å². The van der Waals surface area contributed by atoms with Crippen molar-refractivity contribution in [1.29, 1.82) is 0 Å². The maximum absolute atomic E-state index is 11.2. The Morgan fingerprint density at radius 1 is 1.54 bits per heavy atom. The van der Waals surface area contributed by atoms with Crippen LogP contribution in [0.5, 0.6) is 0 Å². The molecule has 1 saturated heterocycles. The summed E-state index contributed by atoms with van der Waals surface area (Å²) in [6.07, 6.45) is 0. The lowest BCUT2D eigenvalue weighted by Gasteiger charge is -2.31. The molecular weight excluding hydrogens is 213 g/mol. The number of carbonyl (C=O) groups is 1. The molecule has 13 heavy (non-hydrogen) atoms. The van der Waals surface area contributed by atoms with Crippen LogP contribution in [0.15, 0.2) is 0 Å². The molecule has 1 atom stereocenters. The monoisotopic (exact) mass is 229 g/mol. The first kappa shape index (κ1) is 15.4. The van der Waals surface area contributed by atoms with Crippen molar-refractivity contribution < 1.29 is 4.79 Å². The smallest absolute Gasteiger partial charge is 0.238 e. The average Bonchev–Trinajstić information content (AvgIpc) is 2.04. The summed E-state index contributed by atoms with van der Waals surface area (Å²) < 4.78 is 0. The van der Waals surface area contributed by atoms with Gasteiger partial charge in [0.05, 0.1) is 0 Å². The standard InChI is InChI=1S/C7H15N3O.2ClH/c1-8-7(11)6-5-9-3-4-10(6)2;;/h6,9H,3-5H2,1-2H3,(H,8,11);2*1H. The molecule has 0 bridgehead atoms. The highest BCUT2D eigenvalue weighted by Gasteiger charge is 2.24. The molecule has 4 nitrogen and oxygen atoms in total. The van der Waals surface area contributed by atoms with Crippen molar-refractivity contribution in [3.63, 3.8) is 0 Å². The molecule has 1 heterocycles. The molecule has 6 heteroatoms. The van der Waals surface area contributed by atoms with Crippen molar-refractivity contribution in [3.8, 4) is 0 Å². The zero-order valence-corrected chi connectivity index (χ0v) is 9.50. The molecule has 1 aliphatic rings. The van der Waals surface area contributed by atoms with Gasteiger partial charge in [0.1, 0.15) is 6.04 Å². The van der Waals surface area contributed by atoms with Crippen LogP contribution >= 0.6 is 24.8 Å². The number of hydrogen-bond donors (Lipinski definition) is 2. The number of hydrogen-bond acceptors (Lipinski definition) is 3. The third kappa shape index (κ3) is 4.13. The number of rotatable bonds is 1. The maximum atomic E-state index is 11.2. The maximum Gasteiger partial charge on any atom is 0.238 e. The first-order valence-corrected chi connectivity index (χ1v) is 3.88. The Morgan fingerprint density at radius 3 is 2.62 bits per heavy atom. The van der Waals surface area contributed by atoms with Crippen LogP contribution in [0.4, 0.5) is 0 Å². The van der Waals surface area contributed by atoms with Crippen LogP contribution in [-0.4, -0.2) is 50.6 Å². The lowest BCUT2D eigenvalue weighted by Crippen LogP contribution is -2.55. The first-order valence-electron chi connectivity index (χ1n) is 3.88. The number of nitrogens with one attached hydrogen (secondary N) is 2. The van der Waals surface area contributed by atoms with E-state index in [4.69, 9.17) is 0 Å². The van der Waals surface area contributed by atoms with Gasteiger partial charge in [-0.25, -0.2) is 0 Å². The predicted molar refractivity (Wildman–Crippen MR) is 57.9 cm³/mol. The highest BCUT2D eigenvalue weighted by Crippen LogP contribution is 1.98. The summed E-state index contributed by atoms with van der Waals surface area (Å²) in [7, 11) is 3.64. The van der Waals surface area contributed by atoms with Crippen LogP contribution in [0.25, 0.3) is 0 Å².